The second-order valence-electron chi connectivity index (χ2n) is 7.79. The molecule has 2 aliphatic carbocycles. The summed E-state index contributed by atoms with van der Waals surface area (Å²) in [5, 5.41) is 6.36. The lowest BCUT2D eigenvalue weighted by atomic mass is 9.85. The fourth-order valence-electron chi connectivity index (χ4n) is 4.63. The van der Waals surface area contributed by atoms with Crippen molar-refractivity contribution < 1.29 is 14.3 Å². The van der Waals surface area contributed by atoms with E-state index in [2.05, 4.69) is 17.3 Å². The highest BCUT2D eigenvalue weighted by Gasteiger charge is 2.59. The molecular weight excluding hydrogens is 423 g/mol. The number of nitrogens with zero attached hydrogens (tertiary/aromatic N) is 2. The Bertz CT molecular complexity index is 1070. The fourth-order valence-corrected chi connectivity index (χ4v) is 5.10. The van der Waals surface area contributed by atoms with Crippen molar-refractivity contribution in [1.82, 2.24) is 5.01 Å². The number of hydrogen-bond acceptors (Lipinski definition) is 4. The van der Waals surface area contributed by atoms with E-state index < -0.39 is 0 Å². The third kappa shape index (κ3) is 3.22. The molecule has 1 aliphatic heterocycles. The van der Waals surface area contributed by atoms with Crippen LogP contribution in [-0.2, 0) is 16.2 Å². The highest BCUT2D eigenvalue weighted by atomic mass is 35.5. The van der Waals surface area contributed by atoms with Crippen molar-refractivity contribution in [2.75, 3.05) is 0 Å². The Hall–Kier alpha value is -2.63. The van der Waals surface area contributed by atoms with Gasteiger partial charge in [0.1, 0.15) is 12.4 Å². The van der Waals surface area contributed by atoms with Gasteiger partial charge in [0, 0.05) is 21.2 Å². The Labute approximate surface area is 183 Å². The van der Waals surface area contributed by atoms with Crippen LogP contribution in [0.1, 0.15) is 17.5 Å². The summed E-state index contributed by atoms with van der Waals surface area (Å²) in [5.41, 5.74) is 1.47. The largest absolute Gasteiger partial charge is 0.488 e. The Morgan fingerprint density at radius 3 is 2.43 bits per heavy atom. The third-order valence-corrected chi connectivity index (χ3v) is 6.66. The summed E-state index contributed by atoms with van der Waals surface area (Å²) in [6.07, 6.45) is 6.53. The van der Waals surface area contributed by atoms with Gasteiger partial charge in [0.05, 0.1) is 18.1 Å². The van der Waals surface area contributed by atoms with Crippen LogP contribution in [0.5, 0.6) is 5.75 Å². The normalized spacial score (nSPS) is 26.8. The molecule has 2 bridgehead atoms. The fraction of sp³-hybridized carbons (Fsp3) is 0.261. The van der Waals surface area contributed by atoms with E-state index in [4.69, 9.17) is 27.9 Å². The molecule has 1 heterocycles. The zero-order valence-electron chi connectivity index (χ0n) is 15.9. The number of allylic oxidation sites excluding steroid dienone is 2. The Morgan fingerprint density at radius 1 is 1.03 bits per heavy atom. The third-order valence-electron chi connectivity index (χ3n) is 6.08. The Morgan fingerprint density at radius 2 is 1.73 bits per heavy atom. The number of ether oxygens (including phenoxy) is 1. The van der Waals surface area contributed by atoms with Gasteiger partial charge in [-0.15, -0.1) is 0 Å². The number of carbonyl (C=O) groups is 2. The van der Waals surface area contributed by atoms with Gasteiger partial charge < -0.3 is 4.74 Å². The van der Waals surface area contributed by atoms with Crippen molar-refractivity contribution in [3.05, 3.63) is 75.8 Å². The van der Waals surface area contributed by atoms with Crippen LogP contribution in [0, 0.1) is 23.7 Å². The number of fused-ring (bicyclic) bond motifs is 5. The zero-order valence-corrected chi connectivity index (χ0v) is 17.4. The first kappa shape index (κ1) is 19.3. The Kier molecular flexibility index (Phi) is 4.88. The summed E-state index contributed by atoms with van der Waals surface area (Å²) in [4.78, 5) is 25.5. The molecule has 0 unspecified atom stereocenters. The summed E-state index contributed by atoms with van der Waals surface area (Å²) >= 11 is 12.1. The van der Waals surface area contributed by atoms with Crippen LogP contribution in [0.25, 0.3) is 0 Å². The van der Waals surface area contributed by atoms with Crippen molar-refractivity contribution >= 4 is 41.2 Å². The number of hydrogen-bond donors (Lipinski definition) is 0. The molecule has 152 valence electrons. The lowest BCUT2D eigenvalue weighted by molar-refractivity contribution is -0.140. The smallest absolute Gasteiger partial charge is 0.254 e. The predicted molar refractivity (Wildman–Crippen MR) is 114 cm³/mol. The molecule has 2 fully saturated rings. The van der Waals surface area contributed by atoms with E-state index >= 15 is 0 Å². The van der Waals surface area contributed by atoms with Gasteiger partial charge in [-0.3, -0.25) is 9.59 Å². The standard InChI is InChI=1S/C23H18Cl2N2O3/c24-17-8-7-16(18(25)10-17)12-30-19-4-2-1-3-15(19)11-26-27-22(28)20-13-5-6-14(9-13)21(20)23(27)29/h1-8,10-11,13-14,20-21H,9,12H2/b26-11-/t13-,14-,20+,21+/m0/s1. The maximum Gasteiger partial charge on any atom is 0.254 e. The molecule has 5 nitrogen and oxygen atoms in total. The molecule has 2 aromatic carbocycles. The maximum absolute atomic E-state index is 12.8. The van der Waals surface area contributed by atoms with Crippen LogP contribution in [0.2, 0.25) is 10.0 Å². The van der Waals surface area contributed by atoms with E-state index in [1.807, 2.05) is 24.3 Å². The van der Waals surface area contributed by atoms with Crippen LogP contribution in [0.3, 0.4) is 0 Å². The van der Waals surface area contributed by atoms with E-state index in [1.165, 1.54) is 6.21 Å². The minimum atomic E-state index is -0.261. The van der Waals surface area contributed by atoms with Gasteiger partial charge in [-0.25, -0.2) is 0 Å². The lowest BCUT2D eigenvalue weighted by Crippen LogP contribution is -2.28. The first-order valence-electron chi connectivity index (χ1n) is 9.79. The molecule has 1 saturated heterocycles. The summed E-state index contributed by atoms with van der Waals surface area (Å²) in [5.74, 6) is -0.0265. The van der Waals surface area contributed by atoms with E-state index in [9.17, 15) is 9.59 Å². The zero-order chi connectivity index (χ0) is 20.8. The molecule has 4 atom stereocenters. The van der Waals surface area contributed by atoms with Crippen molar-refractivity contribution in [2.45, 2.75) is 13.0 Å². The van der Waals surface area contributed by atoms with Crippen LogP contribution in [0.4, 0.5) is 0 Å². The topological polar surface area (TPSA) is 59.0 Å². The number of para-hydroxylation sites is 1. The summed E-state index contributed by atoms with van der Waals surface area (Å²) in [6, 6.07) is 12.5. The number of amides is 2. The molecule has 0 spiro atoms. The quantitative estimate of drug-likeness (QED) is 0.384. The van der Waals surface area contributed by atoms with Gasteiger partial charge in [-0.2, -0.15) is 10.1 Å². The Balaban J connectivity index is 1.33. The number of halogens is 2. The molecule has 0 aromatic heterocycles. The molecule has 3 aliphatic rings. The molecule has 2 amide bonds. The molecular formula is C23H18Cl2N2O3. The molecule has 30 heavy (non-hydrogen) atoms. The molecule has 0 radical (unpaired) electrons. The summed E-state index contributed by atoms with van der Waals surface area (Å²) in [7, 11) is 0. The average molecular weight is 441 g/mol. The van der Waals surface area contributed by atoms with Gasteiger partial charge in [-0.1, -0.05) is 53.6 Å². The van der Waals surface area contributed by atoms with Gasteiger partial charge in [0.25, 0.3) is 11.8 Å². The maximum atomic E-state index is 12.8. The average Bonchev–Trinajstić information content (AvgIpc) is 3.41. The second-order valence-corrected chi connectivity index (χ2v) is 8.64. The molecule has 0 N–H and O–H groups in total. The van der Waals surface area contributed by atoms with E-state index in [-0.39, 0.29) is 42.1 Å². The second kappa shape index (κ2) is 7.56. The van der Waals surface area contributed by atoms with Crippen LogP contribution in [0.15, 0.2) is 59.7 Å². The van der Waals surface area contributed by atoms with Gasteiger partial charge in [0.15, 0.2) is 0 Å². The van der Waals surface area contributed by atoms with E-state index in [0.29, 0.717) is 21.4 Å². The minimum absolute atomic E-state index is 0.163. The SMILES string of the molecule is O=C1[C@H]2[C@H](C(=O)N1/N=C\c1ccccc1OCc1ccc(Cl)cc1Cl)[C@H]1C=C[C@H]2C1. The number of carbonyl (C=O) groups excluding carboxylic acids is 2. The summed E-state index contributed by atoms with van der Waals surface area (Å²) < 4.78 is 5.91. The van der Waals surface area contributed by atoms with Crippen molar-refractivity contribution in [1.29, 1.82) is 0 Å². The van der Waals surface area contributed by atoms with Crippen LogP contribution in [-0.4, -0.2) is 23.0 Å². The number of hydrazone groups is 1. The number of imide groups is 1. The van der Waals surface area contributed by atoms with E-state index in [1.54, 1.807) is 18.2 Å². The first-order chi connectivity index (χ1) is 14.5. The molecule has 5 rings (SSSR count). The van der Waals surface area contributed by atoms with Crippen molar-refractivity contribution in [2.24, 2.45) is 28.8 Å². The van der Waals surface area contributed by atoms with Gasteiger partial charge >= 0.3 is 0 Å². The summed E-state index contributed by atoms with van der Waals surface area (Å²) in [6.45, 7) is 0.252. The predicted octanol–water partition coefficient (Wildman–Crippen LogP) is 4.71. The molecule has 7 heteroatoms. The van der Waals surface area contributed by atoms with Gasteiger partial charge in [-0.05, 0) is 42.5 Å². The highest BCUT2D eigenvalue weighted by Crippen LogP contribution is 2.52. The van der Waals surface area contributed by atoms with Gasteiger partial charge in [0.2, 0.25) is 0 Å². The van der Waals surface area contributed by atoms with Crippen LogP contribution >= 0.6 is 23.2 Å². The van der Waals surface area contributed by atoms with E-state index in [0.717, 1.165) is 17.0 Å². The first-order valence-corrected chi connectivity index (χ1v) is 10.5. The number of benzene rings is 2. The van der Waals surface area contributed by atoms with Crippen molar-refractivity contribution in [3.8, 4) is 5.75 Å². The highest BCUT2D eigenvalue weighted by molar-refractivity contribution is 6.35. The minimum Gasteiger partial charge on any atom is -0.488 e. The lowest BCUT2D eigenvalue weighted by Gasteiger charge is -2.13. The van der Waals surface area contributed by atoms with Crippen molar-refractivity contribution in [3.63, 3.8) is 0 Å². The molecule has 1 saturated carbocycles. The monoisotopic (exact) mass is 440 g/mol. The number of rotatable bonds is 5. The van der Waals surface area contributed by atoms with Crippen LogP contribution < -0.4 is 4.74 Å². The molecule has 2 aromatic rings.